The van der Waals surface area contributed by atoms with E-state index in [1.807, 2.05) is 0 Å². The van der Waals surface area contributed by atoms with E-state index < -0.39 is 0 Å². The first-order chi connectivity index (χ1) is 6.95. The largest absolute Gasteiger partial charge is 0.315 e. The molecule has 0 aromatic heterocycles. The second kappa shape index (κ2) is 5.72. The zero-order valence-electron chi connectivity index (χ0n) is 9.23. The fraction of sp³-hybridized carbons (Fsp3) is 1.00. The topological polar surface area (TPSA) is 24.1 Å². The van der Waals surface area contributed by atoms with Crippen molar-refractivity contribution in [3.8, 4) is 0 Å². The molecule has 2 N–H and O–H groups in total. The Balaban J connectivity index is 1.46. The fourth-order valence-electron chi connectivity index (χ4n) is 2.82. The molecule has 14 heavy (non-hydrogen) atoms. The van der Waals surface area contributed by atoms with Gasteiger partial charge in [0.05, 0.1) is 0 Å². The molecule has 1 unspecified atom stereocenters. The van der Waals surface area contributed by atoms with Crippen LogP contribution in [0.15, 0.2) is 0 Å². The van der Waals surface area contributed by atoms with Gasteiger partial charge >= 0.3 is 0 Å². The third-order valence-corrected chi connectivity index (χ3v) is 3.76. The highest BCUT2D eigenvalue weighted by atomic mass is 15.0. The maximum atomic E-state index is 3.64. The van der Waals surface area contributed by atoms with Crippen molar-refractivity contribution in [2.24, 2.45) is 5.92 Å². The lowest BCUT2D eigenvalue weighted by Gasteiger charge is -2.12. The van der Waals surface area contributed by atoms with Crippen molar-refractivity contribution in [2.75, 3.05) is 19.6 Å². The van der Waals surface area contributed by atoms with Gasteiger partial charge < -0.3 is 10.6 Å². The zero-order chi connectivity index (χ0) is 9.64. The Kier molecular flexibility index (Phi) is 4.26. The maximum Gasteiger partial charge on any atom is 0.0204 e. The van der Waals surface area contributed by atoms with Crippen LogP contribution >= 0.6 is 0 Å². The second-order valence-corrected chi connectivity index (χ2v) is 4.94. The lowest BCUT2D eigenvalue weighted by atomic mass is 10.0. The number of hydrogen-bond acceptors (Lipinski definition) is 2. The highest BCUT2D eigenvalue weighted by Gasteiger charge is 2.15. The quantitative estimate of drug-likeness (QED) is 0.656. The van der Waals surface area contributed by atoms with Gasteiger partial charge in [-0.15, -0.1) is 0 Å². The van der Waals surface area contributed by atoms with Crippen LogP contribution in [0.1, 0.15) is 44.9 Å². The predicted molar refractivity (Wildman–Crippen MR) is 60.5 cm³/mol. The molecular formula is C12H24N2. The molecular weight excluding hydrogens is 172 g/mol. The molecule has 1 atom stereocenters. The zero-order valence-corrected chi connectivity index (χ0v) is 9.23. The van der Waals surface area contributed by atoms with Crippen LogP contribution in [0.2, 0.25) is 0 Å². The van der Waals surface area contributed by atoms with Crippen LogP contribution in [0.4, 0.5) is 0 Å². The lowest BCUT2D eigenvalue weighted by molar-refractivity contribution is 0.452. The van der Waals surface area contributed by atoms with Gasteiger partial charge in [0.1, 0.15) is 0 Å². The van der Waals surface area contributed by atoms with Gasteiger partial charge in [0.2, 0.25) is 0 Å². The molecule has 0 radical (unpaired) electrons. The summed E-state index contributed by atoms with van der Waals surface area (Å²) >= 11 is 0. The van der Waals surface area contributed by atoms with Gasteiger partial charge in [-0.25, -0.2) is 0 Å². The number of nitrogens with one attached hydrogen (secondary N) is 2. The highest BCUT2D eigenvalue weighted by molar-refractivity contribution is 4.77. The van der Waals surface area contributed by atoms with Crippen LogP contribution in [0.5, 0.6) is 0 Å². The summed E-state index contributed by atoms with van der Waals surface area (Å²) in [5.41, 5.74) is 0. The van der Waals surface area contributed by atoms with Crippen molar-refractivity contribution in [2.45, 2.75) is 51.0 Å². The Morgan fingerprint density at radius 2 is 2.00 bits per heavy atom. The molecule has 1 saturated heterocycles. The average Bonchev–Trinajstić information content (AvgIpc) is 2.86. The van der Waals surface area contributed by atoms with E-state index in [9.17, 15) is 0 Å². The first-order valence-electron chi connectivity index (χ1n) is 6.39. The monoisotopic (exact) mass is 196 g/mol. The molecule has 1 heterocycles. The van der Waals surface area contributed by atoms with E-state index in [4.69, 9.17) is 0 Å². The predicted octanol–water partition coefficient (Wildman–Crippen LogP) is 1.91. The van der Waals surface area contributed by atoms with E-state index in [-0.39, 0.29) is 0 Å². The molecule has 2 heteroatoms. The maximum absolute atomic E-state index is 3.64. The average molecular weight is 196 g/mol. The van der Waals surface area contributed by atoms with Crippen molar-refractivity contribution < 1.29 is 0 Å². The van der Waals surface area contributed by atoms with Gasteiger partial charge in [-0.3, -0.25) is 0 Å². The summed E-state index contributed by atoms with van der Waals surface area (Å²) in [5, 5.41) is 7.03. The van der Waals surface area contributed by atoms with Crippen molar-refractivity contribution in [1.29, 1.82) is 0 Å². The molecule has 0 aromatic carbocycles. The molecule has 0 spiro atoms. The number of hydrogen-bond donors (Lipinski definition) is 2. The summed E-state index contributed by atoms with van der Waals surface area (Å²) in [7, 11) is 0. The SMILES string of the molecule is C1CCC(CCCNC2CCNC2)C1. The Hall–Kier alpha value is -0.0800. The molecule has 2 nitrogen and oxygen atoms in total. The van der Waals surface area contributed by atoms with Gasteiger partial charge in [-0.2, -0.15) is 0 Å². The first-order valence-corrected chi connectivity index (χ1v) is 6.39. The van der Waals surface area contributed by atoms with E-state index in [2.05, 4.69) is 10.6 Å². The molecule has 2 rings (SSSR count). The number of rotatable bonds is 5. The Morgan fingerprint density at radius 1 is 1.14 bits per heavy atom. The summed E-state index contributed by atoms with van der Waals surface area (Å²) in [6, 6.07) is 0.763. The summed E-state index contributed by atoms with van der Waals surface area (Å²) < 4.78 is 0. The van der Waals surface area contributed by atoms with Crippen LogP contribution in [0.3, 0.4) is 0 Å². The molecule has 0 aromatic rings. The molecule has 1 aliphatic heterocycles. The van der Waals surface area contributed by atoms with Crippen molar-refractivity contribution in [1.82, 2.24) is 10.6 Å². The van der Waals surface area contributed by atoms with E-state index >= 15 is 0 Å². The minimum Gasteiger partial charge on any atom is -0.315 e. The Labute approximate surface area is 87.8 Å². The van der Waals surface area contributed by atoms with Gasteiger partial charge in [-0.05, 0) is 38.3 Å². The standard InChI is InChI=1S/C12H24N2/c1-2-5-11(4-1)6-3-8-14-12-7-9-13-10-12/h11-14H,1-10H2. The van der Waals surface area contributed by atoms with Crippen LogP contribution in [-0.2, 0) is 0 Å². The molecule has 1 aliphatic carbocycles. The van der Waals surface area contributed by atoms with Gasteiger partial charge in [0, 0.05) is 12.6 Å². The summed E-state index contributed by atoms with van der Waals surface area (Å²) in [6.07, 6.45) is 10.2. The minimum atomic E-state index is 0.763. The summed E-state index contributed by atoms with van der Waals surface area (Å²) in [4.78, 5) is 0. The fourth-order valence-corrected chi connectivity index (χ4v) is 2.82. The summed E-state index contributed by atoms with van der Waals surface area (Å²) in [5.74, 6) is 1.07. The molecule has 2 aliphatic rings. The normalized spacial score (nSPS) is 28.7. The molecule has 82 valence electrons. The van der Waals surface area contributed by atoms with Crippen molar-refractivity contribution >= 4 is 0 Å². The minimum absolute atomic E-state index is 0.763. The van der Waals surface area contributed by atoms with Crippen molar-refractivity contribution in [3.05, 3.63) is 0 Å². The lowest BCUT2D eigenvalue weighted by Crippen LogP contribution is -2.31. The van der Waals surface area contributed by atoms with E-state index in [0.29, 0.717) is 0 Å². The van der Waals surface area contributed by atoms with E-state index in [0.717, 1.165) is 12.0 Å². The molecule has 0 bridgehead atoms. The third-order valence-electron chi connectivity index (χ3n) is 3.76. The molecule has 0 amide bonds. The van der Waals surface area contributed by atoms with Crippen LogP contribution in [-0.4, -0.2) is 25.7 Å². The Bertz CT molecular complexity index is 128. The Morgan fingerprint density at radius 3 is 2.71 bits per heavy atom. The van der Waals surface area contributed by atoms with Crippen LogP contribution < -0.4 is 10.6 Å². The second-order valence-electron chi connectivity index (χ2n) is 4.94. The van der Waals surface area contributed by atoms with Gasteiger partial charge in [-0.1, -0.05) is 25.7 Å². The van der Waals surface area contributed by atoms with Crippen LogP contribution in [0.25, 0.3) is 0 Å². The van der Waals surface area contributed by atoms with E-state index in [1.54, 1.807) is 0 Å². The highest BCUT2D eigenvalue weighted by Crippen LogP contribution is 2.28. The molecule has 1 saturated carbocycles. The van der Waals surface area contributed by atoms with E-state index in [1.165, 1.54) is 64.6 Å². The molecule has 2 fully saturated rings. The smallest absolute Gasteiger partial charge is 0.0204 e. The third kappa shape index (κ3) is 3.25. The first kappa shape index (κ1) is 10.4. The van der Waals surface area contributed by atoms with Gasteiger partial charge in [0.25, 0.3) is 0 Å². The summed E-state index contributed by atoms with van der Waals surface area (Å²) in [6.45, 7) is 3.63. The van der Waals surface area contributed by atoms with Crippen LogP contribution in [0, 0.1) is 5.92 Å². The van der Waals surface area contributed by atoms with Gasteiger partial charge in [0.15, 0.2) is 0 Å². The van der Waals surface area contributed by atoms with Crippen molar-refractivity contribution in [3.63, 3.8) is 0 Å².